The van der Waals surface area contributed by atoms with Crippen LogP contribution in [0.5, 0.6) is 0 Å². The first-order chi connectivity index (χ1) is 56.7. The van der Waals surface area contributed by atoms with Crippen molar-refractivity contribution in [3.63, 3.8) is 0 Å². The number of carbonyl (C=O) groups excluding carboxylic acids is 1. The number of alkyl halides is 3. The Balaban J connectivity index is 0.000000289. The van der Waals surface area contributed by atoms with Crippen molar-refractivity contribution in [2.45, 2.75) is 231 Å². The first-order valence-electron chi connectivity index (χ1n) is 41.2. The third kappa shape index (κ3) is 35.5. The summed E-state index contributed by atoms with van der Waals surface area (Å²) in [5, 5.41) is 62.2. The predicted octanol–water partition coefficient (Wildman–Crippen LogP) is 13.3. The Labute approximate surface area is 713 Å². The summed E-state index contributed by atoms with van der Waals surface area (Å²) in [5.74, 6) is 4.86. The van der Waals surface area contributed by atoms with Gasteiger partial charge in [-0.15, -0.1) is 10.2 Å². The van der Waals surface area contributed by atoms with Crippen molar-refractivity contribution in [1.82, 2.24) is 80.2 Å². The summed E-state index contributed by atoms with van der Waals surface area (Å²) in [6.07, 6.45) is -2.72. The molecule has 0 saturated carbocycles. The maximum absolute atomic E-state index is 12.3. The molecule has 0 aromatic carbocycles. The number of carbonyl (C=O) groups is 1. The summed E-state index contributed by atoms with van der Waals surface area (Å²) >= 11 is 5.67. The minimum atomic E-state index is -4.46. The van der Waals surface area contributed by atoms with E-state index >= 15 is 0 Å². The van der Waals surface area contributed by atoms with Crippen LogP contribution >= 0.6 is 11.6 Å². The number of aryl methyl sites for hydroxylation is 6. The lowest BCUT2D eigenvalue weighted by molar-refractivity contribution is -0.145. The van der Waals surface area contributed by atoms with E-state index in [1.807, 2.05) is 95.6 Å². The van der Waals surface area contributed by atoms with Crippen LogP contribution in [0.1, 0.15) is 267 Å². The van der Waals surface area contributed by atoms with Crippen LogP contribution in [0.15, 0.2) is 60.7 Å². The van der Waals surface area contributed by atoms with Crippen molar-refractivity contribution < 1.29 is 57.7 Å². The zero-order chi connectivity index (χ0) is 89.7. The molecule has 3 aliphatic heterocycles. The van der Waals surface area contributed by atoms with Crippen LogP contribution in [0.2, 0.25) is 5.28 Å². The summed E-state index contributed by atoms with van der Waals surface area (Å²) < 4.78 is 52.0. The van der Waals surface area contributed by atoms with Gasteiger partial charge < -0.3 is 64.2 Å². The number of likely N-dealkylation sites (N-methyl/N-ethyl adjacent to an activating group) is 1. The topological polar surface area (TPSA) is 368 Å². The molecule has 120 heavy (non-hydrogen) atoms. The quantitative estimate of drug-likeness (QED) is 0.0311. The molecule has 2 atom stereocenters. The molecule has 664 valence electrons. The normalized spacial score (nSPS) is 14.5. The Morgan fingerprint density at radius 2 is 0.817 bits per heavy atom. The van der Waals surface area contributed by atoms with Gasteiger partial charge >= 0.3 is 12.1 Å². The van der Waals surface area contributed by atoms with Gasteiger partial charge in [-0.1, -0.05) is 111 Å². The molecule has 34 heteroatoms. The molecule has 2 unspecified atom stereocenters. The number of halogens is 4. The number of hydrogen-bond donors (Lipinski definition) is 5. The largest absolute Gasteiger partial charge is 0.464 e. The number of rotatable bonds is 22. The average molecular weight is 1700 g/mol. The standard InChI is InChI=1S/C14H23N3O2.C12H21N3O2.C12H19N3O.C11H17N3O.C11H19N3O.C9H11F3N2.C9H12N2O2.C8H11ClN2/c1-9(2)13-6-10(3)15-14(16-13)17-11(7-18)4-5-12(17)8-19;1-9(2)11-8-10(3)13-12(14-11)15(4-6-16)5-7-17;1-9(2)11-8-10(3)13-12(14-11)15-4-6-16-7-5-15;1-9(2)10-3-4-11(13-12-10)14-5-7-15-8-6-14;1-8(2)10-7-9(3)12-11(13-10)14(4)5-6-15;1-5(2)7-4-6(3)13-8(14-7)9(10,11)12;1-6(2)7-4-5-8(11-10-7)9(12)13-3;1-5(2)7-4-6(3)10-8(9)11-7/h6,9,11-12,18-19H,4-5,7-8H2,1-3H3;8-9,16-17H,4-7H2,1-3H3;8-9H,4-7H2,1-3H3;3-4,9H,5-8H2,1-2H3;7-8,15H,5-6H2,1-4H3;4-5H,1-3H3;4-6H,1-3H3;4-5H,1-3H3. The van der Waals surface area contributed by atoms with Crippen molar-refractivity contribution >= 4 is 47.2 Å². The highest BCUT2D eigenvalue weighted by Gasteiger charge is 2.36. The first-order valence-corrected chi connectivity index (χ1v) is 41.6. The molecule has 11 rings (SSSR count). The Kier molecular flexibility index (Phi) is 45.0. The lowest BCUT2D eigenvalue weighted by atomic mass is 10.1. The first kappa shape index (κ1) is 103. The zero-order valence-electron chi connectivity index (χ0n) is 75.0. The number of aliphatic hydroxyl groups excluding tert-OH is 5. The molecule has 11 heterocycles. The number of esters is 1. The molecule has 5 N–H and O–H groups in total. The lowest BCUT2D eigenvalue weighted by Gasteiger charge is -2.29. The average Bonchev–Trinajstić information content (AvgIpc) is 1.60. The molecule has 0 aliphatic carbocycles. The molecule has 3 fully saturated rings. The van der Waals surface area contributed by atoms with Gasteiger partial charge in [-0.05, 0) is 174 Å². The number of aliphatic hydroxyl groups is 5. The molecule has 3 saturated heterocycles. The predicted molar refractivity (Wildman–Crippen MR) is 465 cm³/mol. The van der Waals surface area contributed by atoms with Gasteiger partial charge in [-0.2, -0.15) is 23.4 Å². The monoisotopic (exact) mass is 1700 g/mol. The number of morpholine rings is 2. The fourth-order valence-corrected chi connectivity index (χ4v) is 11.8. The van der Waals surface area contributed by atoms with Crippen LogP contribution in [0.3, 0.4) is 0 Å². The maximum Gasteiger partial charge on any atom is 0.451 e. The molecule has 0 radical (unpaired) electrons. The highest BCUT2D eigenvalue weighted by atomic mass is 35.5. The zero-order valence-corrected chi connectivity index (χ0v) is 75.8. The SMILES string of the molecule is CC(C)c1ccc(N2CCOCC2)nn1.COC(=O)c1ccc(C(C)C)nn1.Cc1cc(C(C)C)nc(C(F)(F)F)n1.Cc1cc(C(C)C)nc(Cl)n1.Cc1cc(C(C)C)nc(N(C)CCO)n1.Cc1cc(C(C)C)nc(N(CCO)CCO)n1.Cc1cc(C(C)C)nc(N2C(CO)CCC2CO)n1.Cc1cc(C(C)C)nc(N2CCOCC2)n1. The second-order valence-corrected chi connectivity index (χ2v) is 32.1. The van der Waals surface area contributed by atoms with E-state index in [2.05, 4.69) is 190 Å². The van der Waals surface area contributed by atoms with E-state index < -0.39 is 18.0 Å². The van der Waals surface area contributed by atoms with E-state index in [-0.39, 0.29) is 56.7 Å². The van der Waals surface area contributed by atoms with Gasteiger partial charge in [-0.25, -0.2) is 64.6 Å². The molecule has 3 aliphatic rings. The number of hydrogen-bond acceptors (Lipinski definition) is 30. The van der Waals surface area contributed by atoms with E-state index in [0.717, 1.165) is 146 Å². The third-order valence-corrected chi connectivity index (χ3v) is 18.8. The van der Waals surface area contributed by atoms with Gasteiger partial charge in [-0.3, -0.25) is 0 Å². The summed E-state index contributed by atoms with van der Waals surface area (Å²) in [4.78, 5) is 71.7. The molecule has 0 bridgehead atoms. The minimum Gasteiger partial charge on any atom is -0.464 e. The second-order valence-electron chi connectivity index (χ2n) is 31.7. The Morgan fingerprint density at radius 3 is 1.21 bits per heavy atom. The van der Waals surface area contributed by atoms with Gasteiger partial charge in [0.05, 0.1) is 90.0 Å². The van der Waals surface area contributed by atoms with E-state index in [1.165, 1.54) is 14.0 Å². The fraction of sp³-hybridized carbons (Fsp3) is 0.616. The van der Waals surface area contributed by atoms with E-state index in [1.54, 1.807) is 36.9 Å². The summed E-state index contributed by atoms with van der Waals surface area (Å²) in [7, 11) is 3.20. The highest BCUT2D eigenvalue weighted by Crippen LogP contribution is 2.31. The Bertz CT molecular complexity index is 4260. The number of nitrogens with zero attached hydrogens (tertiary/aromatic N) is 21. The summed E-state index contributed by atoms with van der Waals surface area (Å²) in [6.45, 7) is 52.7. The van der Waals surface area contributed by atoms with Crippen molar-refractivity contribution in [3.05, 3.63) is 157 Å². The van der Waals surface area contributed by atoms with Gasteiger partial charge in [0.1, 0.15) is 0 Å². The number of aromatic nitrogens is 16. The van der Waals surface area contributed by atoms with Crippen molar-refractivity contribution in [1.29, 1.82) is 0 Å². The van der Waals surface area contributed by atoms with Crippen molar-refractivity contribution in [3.8, 4) is 0 Å². The van der Waals surface area contributed by atoms with Gasteiger partial charge in [0.15, 0.2) is 11.5 Å². The fourth-order valence-electron chi connectivity index (χ4n) is 11.6. The Hall–Kier alpha value is -9.09. The highest BCUT2D eigenvalue weighted by molar-refractivity contribution is 6.28. The van der Waals surface area contributed by atoms with Crippen molar-refractivity contribution in [2.24, 2.45) is 0 Å². The van der Waals surface area contributed by atoms with E-state index in [0.29, 0.717) is 95.6 Å². The third-order valence-electron chi connectivity index (χ3n) is 18.6. The summed E-state index contributed by atoms with van der Waals surface area (Å²) in [5.41, 5.74) is 12.8. The summed E-state index contributed by atoms with van der Waals surface area (Å²) in [6, 6.07) is 19.1. The maximum atomic E-state index is 12.3. The second kappa shape index (κ2) is 52.3. The lowest BCUT2D eigenvalue weighted by Crippen LogP contribution is -2.41. The number of ether oxygens (including phenoxy) is 3. The molecule has 8 aromatic rings. The van der Waals surface area contributed by atoms with Crippen LogP contribution in [-0.4, -0.2) is 243 Å². The minimum absolute atomic E-state index is 0.0129. The van der Waals surface area contributed by atoms with E-state index in [9.17, 15) is 28.2 Å². The van der Waals surface area contributed by atoms with Crippen LogP contribution in [-0.2, 0) is 20.4 Å². The van der Waals surface area contributed by atoms with Crippen LogP contribution in [0.25, 0.3) is 0 Å². The molecule has 0 spiro atoms. The van der Waals surface area contributed by atoms with Gasteiger partial charge in [0, 0.05) is 121 Å². The molecular weight excluding hydrogens is 1560 g/mol. The van der Waals surface area contributed by atoms with E-state index in [4.69, 9.17) is 36.4 Å². The smallest absolute Gasteiger partial charge is 0.451 e. The molecule has 8 aromatic heterocycles. The molecule has 30 nitrogen and oxygen atoms in total. The molecular formula is C86H133ClF3N21O9. The van der Waals surface area contributed by atoms with Crippen molar-refractivity contribution in [2.75, 3.05) is 144 Å². The van der Waals surface area contributed by atoms with Gasteiger partial charge in [0.2, 0.25) is 34.9 Å². The van der Waals surface area contributed by atoms with Gasteiger partial charge in [0.25, 0.3) is 0 Å². The van der Waals surface area contributed by atoms with Crippen LogP contribution in [0, 0.1) is 41.5 Å². The van der Waals surface area contributed by atoms with Crippen LogP contribution < -0.4 is 24.5 Å². The van der Waals surface area contributed by atoms with Crippen LogP contribution in [0.4, 0.5) is 42.8 Å². The number of methoxy groups -OCH3 is 1. The molecule has 0 amide bonds. The number of anilines is 5. The Morgan fingerprint density at radius 1 is 0.450 bits per heavy atom.